The van der Waals surface area contributed by atoms with E-state index < -0.39 is 11.5 Å². The Labute approximate surface area is 140 Å². The molecule has 2 aromatic rings. The first-order chi connectivity index (χ1) is 11.3. The second-order valence-corrected chi connectivity index (χ2v) is 6.16. The van der Waals surface area contributed by atoms with Crippen LogP contribution in [0.5, 0.6) is 0 Å². The fraction of sp³-hybridized carbons (Fsp3) is 0.389. The number of H-pyrrole nitrogens is 1. The van der Waals surface area contributed by atoms with E-state index in [1.54, 1.807) is 29.2 Å². The van der Waals surface area contributed by atoms with E-state index in [1.807, 2.05) is 27.7 Å². The van der Waals surface area contributed by atoms with Crippen molar-refractivity contribution in [2.24, 2.45) is 0 Å². The molecule has 0 saturated heterocycles. The highest BCUT2D eigenvalue weighted by Gasteiger charge is 2.22. The second kappa shape index (κ2) is 7.29. The maximum absolute atomic E-state index is 12.3. The summed E-state index contributed by atoms with van der Waals surface area (Å²) < 4.78 is 5.15. The van der Waals surface area contributed by atoms with Crippen molar-refractivity contribution in [3.63, 3.8) is 0 Å². The lowest BCUT2D eigenvalue weighted by molar-refractivity contribution is -0.138. The number of aromatic nitrogens is 1. The number of pyridine rings is 1. The van der Waals surface area contributed by atoms with Crippen molar-refractivity contribution < 1.29 is 14.3 Å². The highest BCUT2D eigenvalue weighted by atomic mass is 16.5. The van der Waals surface area contributed by atoms with Gasteiger partial charge in [-0.1, -0.05) is 18.2 Å². The van der Waals surface area contributed by atoms with Crippen molar-refractivity contribution in [3.8, 4) is 0 Å². The highest BCUT2D eigenvalue weighted by molar-refractivity contribution is 6.03. The van der Waals surface area contributed by atoms with Crippen LogP contribution in [-0.2, 0) is 9.53 Å². The number of carbonyl (C=O) groups excluding carboxylic acids is 2. The van der Waals surface area contributed by atoms with Gasteiger partial charge in [-0.15, -0.1) is 0 Å². The molecule has 1 aromatic heterocycles. The van der Waals surface area contributed by atoms with Crippen LogP contribution in [0.2, 0.25) is 0 Å². The highest BCUT2D eigenvalue weighted by Crippen LogP contribution is 2.15. The number of hydrogen-bond acceptors (Lipinski definition) is 4. The van der Waals surface area contributed by atoms with Gasteiger partial charge >= 0.3 is 5.97 Å². The van der Waals surface area contributed by atoms with E-state index in [0.717, 1.165) is 0 Å². The Bertz CT molecular complexity index is 800. The van der Waals surface area contributed by atoms with Crippen molar-refractivity contribution in [2.75, 3.05) is 6.61 Å². The van der Waals surface area contributed by atoms with E-state index in [2.05, 4.69) is 4.98 Å². The fourth-order valence-electron chi connectivity index (χ4n) is 2.83. The first-order valence-corrected chi connectivity index (χ1v) is 7.91. The third-order valence-corrected chi connectivity index (χ3v) is 3.70. The monoisotopic (exact) mass is 330 g/mol. The predicted octanol–water partition coefficient (Wildman–Crippen LogP) is 2.33. The third-order valence-electron chi connectivity index (χ3n) is 3.70. The largest absolute Gasteiger partial charge is 0.452 e. The average molecular weight is 330 g/mol. The molecule has 0 unspecified atom stereocenters. The molecular weight excluding hydrogens is 308 g/mol. The Morgan fingerprint density at radius 1 is 1.12 bits per heavy atom. The van der Waals surface area contributed by atoms with Crippen LogP contribution in [0.3, 0.4) is 0 Å². The number of ether oxygens (including phenoxy) is 1. The molecule has 0 atom stereocenters. The maximum Gasteiger partial charge on any atom is 0.339 e. The molecule has 0 radical (unpaired) electrons. The van der Waals surface area contributed by atoms with Crippen molar-refractivity contribution in [3.05, 3.63) is 46.2 Å². The first-order valence-electron chi connectivity index (χ1n) is 7.91. The van der Waals surface area contributed by atoms with Crippen LogP contribution in [0.15, 0.2) is 35.1 Å². The Morgan fingerprint density at radius 3 is 2.38 bits per heavy atom. The summed E-state index contributed by atoms with van der Waals surface area (Å²) in [6, 6.07) is 8.17. The van der Waals surface area contributed by atoms with Gasteiger partial charge in [0.25, 0.3) is 5.91 Å². The smallest absolute Gasteiger partial charge is 0.339 e. The van der Waals surface area contributed by atoms with Gasteiger partial charge in [0.2, 0.25) is 5.56 Å². The zero-order valence-electron chi connectivity index (χ0n) is 14.3. The van der Waals surface area contributed by atoms with Gasteiger partial charge in [-0.3, -0.25) is 9.59 Å². The predicted molar refractivity (Wildman–Crippen MR) is 92.0 cm³/mol. The van der Waals surface area contributed by atoms with Gasteiger partial charge in [0.1, 0.15) is 0 Å². The molecule has 2 rings (SSSR count). The number of nitrogens with zero attached hydrogens (tertiary/aromatic N) is 1. The van der Waals surface area contributed by atoms with Crippen LogP contribution in [-0.4, -0.2) is 40.5 Å². The number of rotatable bonds is 5. The molecule has 0 spiro atoms. The maximum atomic E-state index is 12.3. The second-order valence-electron chi connectivity index (χ2n) is 6.16. The van der Waals surface area contributed by atoms with E-state index in [1.165, 1.54) is 6.07 Å². The quantitative estimate of drug-likeness (QED) is 0.853. The molecule has 0 bridgehead atoms. The molecule has 6 heteroatoms. The van der Waals surface area contributed by atoms with E-state index in [9.17, 15) is 14.4 Å². The standard InChI is InChI=1S/C18H22N2O4/c1-11(2)20(12(3)4)17(22)10-24-18(23)14-9-16(21)19-15-8-6-5-7-13(14)15/h5-9,11-12H,10H2,1-4H3,(H,19,21). The molecule has 1 aromatic carbocycles. The lowest BCUT2D eigenvalue weighted by Gasteiger charge is -2.30. The summed E-state index contributed by atoms with van der Waals surface area (Å²) in [5, 5.41) is 0.583. The van der Waals surface area contributed by atoms with Crippen molar-refractivity contribution in [2.45, 2.75) is 39.8 Å². The van der Waals surface area contributed by atoms with Crippen LogP contribution < -0.4 is 5.56 Å². The minimum atomic E-state index is -0.682. The first kappa shape index (κ1) is 17.7. The third kappa shape index (κ3) is 3.82. The number of benzene rings is 1. The Kier molecular flexibility index (Phi) is 5.39. The molecule has 128 valence electrons. The molecule has 0 saturated carbocycles. The number of aromatic amines is 1. The molecule has 1 N–H and O–H groups in total. The fourth-order valence-corrected chi connectivity index (χ4v) is 2.83. The minimum absolute atomic E-state index is 0.0107. The number of fused-ring (bicyclic) bond motifs is 1. The van der Waals surface area contributed by atoms with Crippen LogP contribution in [0, 0.1) is 0 Å². The van der Waals surface area contributed by atoms with E-state index >= 15 is 0 Å². The SMILES string of the molecule is CC(C)N(C(=O)COC(=O)c1cc(=O)[nH]c2ccccc12)C(C)C. The molecule has 0 aliphatic rings. The van der Waals surface area contributed by atoms with Crippen LogP contribution in [0.25, 0.3) is 10.9 Å². The van der Waals surface area contributed by atoms with Crippen LogP contribution in [0.1, 0.15) is 38.1 Å². The molecule has 0 fully saturated rings. The van der Waals surface area contributed by atoms with Crippen molar-refractivity contribution in [1.82, 2.24) is 9.88 Å². The number of para-hydroxylation sites is 1. The summed E-state index contributed by atoms with van der Waals surface area (Å²) in [5.41, 5.74) is 0.315. The Morgan fingerprint density at radius 2 is 1.75 bits per heavy atom. The molecule has 24 heavy (non-hydrogen) atoms. The normalized spacial score (nSPS) is 11.1. The van der Waals surface area contributed by atoms with Gasteiger partial charge in [0.05, 0.1) is 5.56 Å². The number of esters is 1. The lowest BCUT2D eigenvalue weighted by Crippen LogP contribution is -2.44. The van der Waals surface area contributed by atoms with Gasteiger partial charge in [-0.05, 0) is 33.8 Å². The van der Waals surface area contributed by atoms with Gasteiger partial charge in [0.15, 0.2) is 6.61 Å². The van der Waals surface area contributed by atoms with Crippen LogP contribution >= 0.6 is 0 Å². The summed E-state index contributed by atoms with van der Waals surface area (Å²) in [6.45, 7) is 7.28. The molecule has 1 amide bonds. The topological polar surface area (TPSA) is 79.5 Å². The molecule has 0 aliphatic carbocycles. The van der Waals surface area contributed by atoms with Crippen LogP contribution in [0.4, 0.5) is 0 Å². The summed E-state index contributed by atoms with van der Waals surface area (Å²) in [6.07, 6.45) is 0. The van der Waals surface area contributed by atoms with Crippen molar-refractivity contribution in [1.29, 1.82) is 0 Å². The average Bonchev–Trinajstić information content (AvgIpc) is 2.51. The summed E-state index contributed by atoms with van der Waals surface area (Å²) in [4.78, 5) is 40.6. The van der Waals surface area contributed by atoms with E-state index in [4.69, 9.17) is 4.74 Å². The van der Waals surface area contributed by atoms with E-state index in [-0.39, 0.29) is 30.2 Å². The van der Waals surface area contributed by atoms with Gasteiger partial charge < -0.3 is 14.6 Å². The number of hydrogen-bond donors (Lipinski definition) is 1. The van der Waals surface area contributed by atoms with Crippen molar-refractivity contribution >= 4 is 22.8 Å². The summed E-state index contributed by atoms with van der Waals surface area (Å²) >= 11 is 0. The number of carbonyl (C=O) groups is 2. The minimum Gasteiger partial charge on any atom is -0.452 e. The molecule has 1 heterocycles. The summed E-state index contributed by atoms with van der Waals surface area (Å²) in [7, 11) is 0. The van der Waals surface area contributed by atoms with E-state index in [0.29, 0.717) is 10.9 Å². The molecule has 6 nitrogen and oxygen atoms in total. The molecular formula is C18H22N2O4. The summed E-state index contributed by atoms with van der Waals surface area (Å²) in [5.74, 6) is -0.944. The van der Waals surface area contributed by atoms with Gasteiger partial charge in [-0.25, -0.2) is 4.79 Å². The number of nitrogens with one attached hydrogen (secondary N) is 1. The zero-order chi connectivity index (χ0) is 17.9. The Hall–Kier alpha value is -2.63. The Balaban J connectivity index is 2.19. The lowest BCUT2D eigenvalue weighted by atomic mass is 10.1. The number of amides is 1. The molecule has 0 aliphatic heterocycles. The van der Waals surface area contributed by atoms with Gasteiger partial charge in [0, 0.05) is 29.1 Å². The zero-order valence-corrected chi connectivity index (χ0v) is 14.3. The van der Waals surface area contributed by atoms with Gasteiger partial charge in [-0.2, -0.15) is 0 Å².